The molecule has 1 atom stereocenters. The molecule has 0 rings (SSSR count). The maximum absolute atomic E-state index is 5.48. The number of nitrogens with two attached hydrogens (primary N) is 1. The number of hydrogen-bond acceptors (Lipinski definition) is 1. The third-order valence-corrected chi connectivity index (χ3v) is 1.01. The summed E-state index contributed by atoms with van der Waals surface area (Å²) in [5, 5.41) is 0. The Kier molecular flexibility index (Phi) is 13.6. The van der Waals surface area contributed by atoms with Crippen molar-refractivity contribution >= 4 is 0 Å². The van der Waals surface area contributed by atoms with Crippen LogP contribution in [0.5, 0.6) is 0 Å². The van der Waals surface area contributed by atoms with Gasteiger partial charge in [0.05, 0.1) is 0 Å². The molecule has 0 saturated heterocycles. The summed E-state index contributed by atoms with van der Waals surface area (Å²) in [4.78, 5) is 0. The summed E-state index contributed by atoms with van der Waals surface area (Å²) >= 11 is 0. The third-order valence-electron chi connectivity index (χ3n) is 1.01. The molecule has 0 heterocycles. The summed E-state index contributed by atoms with van der Waals surface area (Å²) in [5.41, 5.74) is 5.48. The summed E-state index contributed by atoms with van der Waals surface area (Å²) in [6.45, 7) is 10.2. The maximum atomic E-state index is 5.48. The van der Waals surface area contributed by atoms with Crippen LogP contribution in [0.2, 0.25) is 0 Å². The second kappa shape index (κ2) is 10.6. The molecule has 0 radical (unpaired) electrons. The predicted octanol–water partition coefficient (Wildman–Crippen LogP) is 2.33. The molecule has 0 spiro atoms. The van der Waals surface area contributed by atoms with Crippen molar-refractivity contribution in [1.29, 1.82) is 0 Å². The molecule has 1 unspecified atom stereocenters. The van der Waals surface area contributed by atoms with Crippen molar-refractivity contribution in [3.8, 4) is 0 Å². The first-order valence-corrected chi connectivity index (χ1v) is 3.53. The van der Waals surface area contributed by atoms with Gasteiger partial charge in [-0.25, -0.2) is 0 Å². The molecule has 0 aliphatic carbocycles. The maximum Gasteiger partial charge on any atom is 0.00104 e. The van der Waals surface area contributed by atoms with Crippen LogP contribution in [-0.4, -0.2) is 6.04 Å². The highest BCUT2D eigenvalue weighted by molar-refractivity contribution is 4.50. The van der Waals surface area contributed by atoms with Crippen LogP contribution in [0, 0.1) is 0 Å². The number of hydrogen-bond donors (Lipinski definition) is 1. The van der Waals surface area contributed by atoms with Gasteiger partial charge in [-0.2, -0.15) is 0 Å². The topological polar surface area (TPSA) is 26.0 Å². The first-order chi connectivity index (χ1) is 4.27. The van der Waals surface area contributed by atoms with Crippen molar-refractivity contribution in [2.45, 2.75) is 39.2 Å². The largest absolute Gasteiger partial charge is 0.328 e. The van der Waals surface area contributed by atoms with Crippen LogP contribution in [0.4, 0.5) is 0 Å². The molecule has 0 fully saturated rings. The van der Waals surface area contributed by atoms with Crippen molar-refractivity contribution in [1.82, 2.24) is 0 Å². The van der Waals surface area contributed by atoms with Gasteiger partial charge in [0, 0.05) is 6.04 Å². The minimum Gasteiger partial charge on any atom is -0.328 e. The zero-order valence-corrected chi connectivity index (χ0v) is 6.69. The van der Waals surface area contributed by atoms with Crippen molar-refractivity contribution < 1.29 is 0 Å². The Labute approximate surface area is 58.9 Å². The van der Waals surface area contributed by atoms with Crippen molar-refractivity contribution in [3.63, 3.8) is 0 Å². The van der Waals surface area contributed by atoms with Gasteiger partial charge in [-0.15, -0.1) is 13.2 Å². The Bertz CT molecular complexity index is 41.8. The lowest BCUT2D eigenvalue weighted by molar-refractivity contribution is 0.616. The molecular formula is C8H19N. The molecule has 1 nitrogen and oxygen atoms in total. The molecule has 9 heavy (non-hydrogen) atoms. The van der Waals surface area contributed by atoms with Crippen LogP contribution in [-0.2, 0) is 0 Å². The molecule has 2 N–H and O–H groups in total. The standard InChI is InChI=1S/C6H15N.C2H4/c1-3-4-5-6(2)7;1-2/h6H,3-5,7H2,1-2H3;1-2H2. The second-order valence-electron chi connectivity index (χ2n) is 2.12. The highest BCUT2D eigenvalue weighted by atomic mass is 14.6. The molecule has 56 valence electrons. The SMILES string of the molecule is C=C.CCCCC(C)N. The van der Waals surface area contributed by atoms with Crippen LogP contribution >= 0.6 is 0 Å². The minimum atomic E-state index is 0.403. The van der Waals surface area contributed by atoms with E-state index < -0.39 is 0 Å². The van der Waals surface area contributed by atoms with Crippen LogP contribution in [0.25, 0.3) is 0 Å². The van der Waals surface area contributed by atoms with Gasteiger partial charge in [0.2, 0.25) is 0 Å². The highest BCUT2D eigenvalue weighted by Crippen LogP contribution is 1.95. The average Bonchev–Trinajstić information content (AvgIpc) is 1.88. The molecule has 0 bridgehead atoms. The fourth-order valence-electron chi connectivity index (χ4n) is 0.526. The third kappa shape index (κ3) is 18.3. The van der Waals surface area contributed by atoms with Crippen molar-refractivity contribution in [3.05, 3.63) is 13.2 Å². The minimum absolute atomic E-state index is 0.403. The zero-order chi connectivity index (χ0) is 7.70. The van der Waals surface area contributed by atoms with Crippen LogP contribution < -0.4 is 5.73 Å². The van der Waals surface area contributed by atoms with Gasteiger partial charge in [-0.05, 0) is 13.3 Å². The van der Waals surface area contributed by atoms with Gasteiger partial charge >= 0.3 is 0 Å². The quantitative estimate of drug-likeness (QED) is 0.581. The normalized spacial score (nSPS) is 11.4. The van der Waals surface area contributed by atoms with E-state index in [0.29, 0.717) is 6.04 Å². The zero-order valence-electron chi connectivity index (χ0n) is 6.69. The molecule has 0 aliphatic rings. The van der Waals surface area contributed by atoms with E-state index in [4.69, 9.17) is 5.73 Å². The van der Waals surface area contributed by atoms with Crippen molar-refractivity contribution in [2.24, 2.45) is 5.73 Å². The first-order valence-electron chi connectivity index (χ1n) is 3.53. The summed E-state index contributed by atoms with van der Waals surface area (Å²) in [5.74, 6) is 0. The van der Waals surface area contributed by atoms with Gasteiger partial charge < -0.3 is 5.73 Å². The van der Waals surface area contributed by atoms with Gasteiger partial charge in [-0.3, -0.25) is 0 Å². The molecule has 0 aromatic carbocycles. The Balaban J connectivity index is 0. The Morgan fingerprint density at radius 2 is 1.89 bits per heavy atom. The summed E-state index contributed by atoms with van der Waals surface area (Å²) < 4.78 is 0. The second-order valence-corrected chi connectivity index (χ2v) is 2.12. The summed E-state index contributed by atoms with van der Waals surface area (Å²) in [7, 11) is 0. The van der Waals surface area contributed by atoms with Gasteiger partial charge in [-0.1, -0.05) is 19.8 Å². The molecule has 0 amide bonds. The van der Waals surface area contributed by atoms with E-state index in [-0.39, 0.29) is 0 Å². The lowest BCUT2D eigenvalue weighted by Gasteiger charge is -1.99. The first kappa shape index (κ1) is 11.5. The Hall–Kier alpha value is -0.300. The van der Waals surface area contributed by atoms with E-state index in [1.165, 1.54) is 19.3 Å². The van der Waals surface area contributed by atoms with Crippen molar-refractivity contribution in [2.75, 3.05) is 0 Å². The highest BCUT2D eigenvalue weighted by Gasteiger charge is 1.88. The van der Waals surface area contributed by atoms with E-state index in [1.54, 1.807) is 0 Å². The fourth-order valence-corrected chi connectivity index (χ4v) is 0.526. The molecule has 0 aliphatic heterocycles. The van der Waals surface area contributed by atoms with E-state index >= 15 is 0 Å². The number of unbranched alkanes of at least 4 members (excludes halogenated alkanes) is 1. The van der Waals surface area contributed by atoms with E-state index in [1.807, 2.05) is 0 Å². The van der Waals surface area contributed by atoms with Crippen LogP contribution in [0.3, 0.4) is 0 Å². The average molecular weight is 129 g/mol. The molecular weight excluding hydrogens is 110 g/mol. The fraction of sp³-hybridized carbons (Fsp3) is 0.750. The lowest BCUT2D eigenvalue weighted by Crippen LogP contribution is -2.13. The summed E-state index contributed by atoms with van der Waals surface area (Å²) in [6, 6.07) is 0.403. The summed E-state index contributed by atoms with van der Waals surface area (Å²) in [6.07, 6.45) is 3.72. The molecule has 1 heteroatoms. The predicted molar refractivity (Wildman–Crippen MR) is 44.4 cm³/mol. The van der Waals surface area contributed by atoms with Crippen LogP contribution in [0.15, 0.2) is 13.2 Å². The van der Waals surface area contributed by atoms with E-state index in [2.05, 4.69) is 27.0 Å². The molecule has 0 aromatic rings. The lowest BCUT2D eigenvalue weighted by atomic mass is 10.2. The van der Waals surface area contributed by atoms with E-state index in [9.17, 15) is 0 Å². The van der Waals surface area contributed by atoms with E-state index in [0.717, 1.165) is 0 Å². The molecule has 0 saturated carbocycles. The van der Waals surface area contributed by atoms with Gasteiger partial charge in [0.25, 0.3) is 0 Å². The monoisotopic (exact) mass is 129 g/mol. The Morgan fingerprint density at radius 3 is 2.00 bits per heavy atom. The Morgan fingerprint density at radius 1 is 1.44 bits per heavy atom. The van der Waals surface area contributed by atoms with Gasteiger partial charge in [0.15, 0.2) is 0 Å². The smallest absolute Gasteiger partial charge is 0.00104 e. The number of rotatable bonds is 3. The van der Waals surface area contributed by atoms with Gasteiger partial charge in [0.1, 0.15) is 0 Å². The molecule has 0 aromatic heterocycles. The van der Waals surface area contributed by atoms with Crippen LogP contribution in [0.1, 0.15) is 33.1 Å².